The van der Waals surface area contributed by atoms with Crippen LogP contribution in [0.4, 0.5) is 13.2 Å². The molecule has 0 unspecified atom stereocenters. The average molecular weight is 377 g/mol. The number of esters is 1. The molecular weight excluding hydrogens is 359 g/mol. The van der Waals surface area contributed by atoms with E-state index in [0.29, 0.717) is 0 Å². The highest BCUT2D eigenvalue weighted by Gasteiger charge is 2.30. The predicted molar refractivity (Wildman–Crippen MR) is 92.0 cm³/mol. The number of ether oxygens (including phenoxy) is 1. The molecule has 2 aromatic carbocycles. The molecule has 1 aliphatic rings. The molecule has 27 heavy (non-hydrogen) atoms. The Kier molecular flexibility index (Phi) is 5.48. The van der Waals surface area contributed by atoms with Crippen molar-refractivity contribution in [3.63, 3.8) is 0 Å². The van der Waals surface area contributed by atoms with Crippen LogP contribution in [0.5, 0.6) is 0 Å². The zero-order chi connectivity index (χ0) is 19.4. The van der Waals surface area contributed by atoms with Crippen LogP contribution in [0.1, 0.15) is 45.9 Å². The van der Waals surface area contributed by atoms with E-state index in [0.717, 1.165) is 49.1 Å². The second kappa shape index (κ2) is 7.82. The molecule has 0 heterocycles. The van der Waals surface area contributed by atoms with E-state index in [-0.39, 0.29) is 11.6 Å². The Morgan fingerprint density at radius 3 is 2.48 bits per heavy atom. The first-order chi connectivity index (χ1) is 12.8. The van der Waals surface area contributed by atoms with E-state index in [1.54, 1.807) is 0 Å². The van der Waals surface area contributed by atoms with E-state index in [1.807, 2.05) is 24.3 Å². The van der Waals surface area contributed by atoms with Gasteiger partial charge in [0.05, 0.1) is 17.2 Å². The number of nitrogens with one attached hydrogen (secondary N) is 1. The summed E-state index contributed by atoms with van der Waals surface area (Å²) in [4.78, 5) is 24.0. The summed E-state index contributed by atoms with van der Waals surface area (Å²) in [6, 6.07) is 11.4. The second-order valence-electron chi connectivity index (χ2n) is 6.36. The minimum absolute atomic E-state index is 0.0428. The van der Waals surface area contributed by atoms with Crippen LogP contribution in [-0.4, -0.2) is 18.5 Å². The Balaban J connectivity index is 1.54. The normalized spacial score (nSPS) is 16.3. The number of halogens is 3. The highest BCUT2D eigenvalue weighted by molar-refractivity contribution is 5.91. The van der Waals surface area contributed by atoms with Crippen molar-refractivity contribution in [3.8, 4) is 0 Å². The molecule has 2 aromatic rings. The quantitative estimate of drug-likeness (QED) is 0.818. The van der Waals surface area contributed by atoms with Crippen LogP contribution in [0.3, 0.4) is 0 Å². The van der Waals surface area contributed by atoms with Gasteiger partial charge in [-0.05, 0) is 54.7 Å². The van der Waals surface area contributed by atoms with Gasteiger partial charge in [-0.15, -0.1) is 0 Å². The molecule has 7 heteroatoms. The molecule has 0 saturated carbocycles. The number of hydrogen-bond donors (Lipinski definition) is 1. The molecule has 0 radical (unpaired) electrons. The Bertz CT molecular complexity index is 831. The molecule has 0 spiro atoms. The Hall–Kier alpha value is -2.83. The van der Waals surface area contributed by atoms with E-state index in [9.17, 15) is 22.8 Å². The lowest BCUT2D eigenvalue weighted by Gasteiger charge is -2.26. The summed E-state index contributed by atoms with van der Waals surface area (Å²) >= 11 is 0. The van der Waals surface area contributed by atoms with Gasteiger partial charge in [-0.1, -0.05) is 24.3 Å². The van der Waals surface area contributed by atoms with Gasteiger partial charge in [-0.3, -0.25) is 4.79 Å². The number of carbonyl (C=O) groups is 2. The first-order valence-electron chi connectivity index (χ1n) is 8.56. The maximum Gasteiger partial charge on any atom is 0.416 e. The molecular formula is C20H18F3NO3. The van der Waals surface area contributed by atoms with Crippen LogP contribution in [0, 0.1) is 0 Å². The monoisotopic (exact) mass is 377 g/mol. The molecule has 1 aliphatic carbocycles. The van der Waals surface area contributed by atoms with Crippen LogP contribution in [0.2, 0.25) is 0 Å². The van der Waals surface area contributed by atoms with Gasteiger partial charge < -0.3 is 10.1 Å². The number of fused-ring (bicyclic) bond motifs is 1. The van der Waals surface area contributed by atoms with Crippen LogP contribution in [0.25, 0.3) is 0 Å². The standard InChI is InChI=1S/C20H18F3NO3/c21-20(22,23)15-10-8-14(9-11-15)19(26)27-12-18(25)24-17-7-3-5-13-4-1-2-6-16(13)17/h1-2,4,6,8-11,17H,3,5,7,12H2,(H,24,25)/t17-/m1/s1. The predicted octanol–water partition coefficient (Wildman–Crippen LogP) is 4.06. The molecule has 0 fully saturated rings. The summed E-state index contributed by atoms with van der Waals surface area (Å²) < 4.78 is 42.5. The van der Waals surface area contributed by atoms with E-state index in [1.165, 1.54) is 5.56 Å². The number of alkyl halides is 3. The Labute approximate surface area is 154 Å². The largest absolute Gasteiger partial charge is 0.452 e. The third kappa shape index (κ3) is 4.67. The molecule has 0 bridgehead atoms. The summed E-state index contributed by atoms with van der Waals surface area (Å²) in [5, 5.41) is 2.85. The van der Waals surface area contributed by atoms with Crippen LogP contribution in [0.15, 0.2) is 48.5 Å². The molecule has 1 N–H and O–H groups in total. The summed E-state index contributed by atoms with van der Waals surface area (Å²) in [7, 11) is 0. The van der Waals surface area contributed by atoms with Gasteiger partial charge in [0, 0.05) is 0 Å². The summed E-state index contributed by atoms with van der Waals surface area (Å²) in [5.41, 5.74) is 1.36. The van der Waals surface area contributed by atoms with Crippen molar-refractivity contribution in [2.75, 3.05) is 6.61 Å². The second-order valence-corrected chi connectivity index (χ2v) is 6.36. The van der Waals surface area contributed by atoms with Crippen molar-refractivity contribution < 1.29 is 27.5 Å². The molecule has 1 amide bonds. The van der Waals surface area contributed by atoms with Crippen molar-refractivity contribution >= 4 is 11.9 Å². The highest BCUT2D eigenvalue weighted by atomic mass is 19.4. The first kappa shape index (κ1) is 18.9. The van der Waals surface area contributed by atoms with Crippen LogP contribution >= 0.6 is 0 Å². The Morgan fingerprint density at radius 2 is 1.78 bits per heavy atom. The number of hydrogen-bond acceptors (Lipinski definition) is 3. The van der Waals surface area contributed by atoms with Gasteiger partial charge in [0.1, 0.15) is 0 Å². The van der Waals surface area contributed by atoms with Gasteiger partial charge in [-0.2, -0.15) is 13.2 Å². The van der Waals surface area contributed by atoms with E-state index >= 15 is 0 Å². The maximum atomic E-state index is 12.5. The minimum Gasteiger partial charge on any atom is -0.452 e. The third-order valence-corrected chi connectivity index (χ3v) is 4.49. The maximum absolute atomic E-state index is 12.5. The average Bonchev–Trinajstić information content (AvgIpc) is 2.66. The lowest BCUT2D eigenvalue weighted by molar-refractivity contribution is -0.137. The number of carbonyl (C=O) groups excluding carboxylic acids is 2. The number of benzene rings is 2. The van der Waals surface area contributed by atoms with Crippen LogP contribution in [-0.2, 0) is 22.1 Å². The van der Waals surface area contributed by atoms with Gasteiger partial charge >= 0.3 is 12.1 Å². The number of aryl methyl sites for hydroxylation is 1. The molecule has 3 rings (SSSR count). The zero-order valence-electron chi connectivity index (χ0n) is 14.4. The van der Waals surface area contributed by atoms with Gasteiger partial charge in [0.25, 0.3) is 5.91 Å². The third-order valence-electron chi connectivity index (χ3n) is 4.49. The lowest BCUT2D eigenvalue weighted by atomic mass is 9.88. The van der Waals surface area contributed by atoms with Gasteiger partial charge in [-0.25, -0.2) is 4.79 Å². The fourth-order valence-corrected chi connectivity index (χ4v) is 3.15. The molecule has 0 aromatic heterocycles. The summed E-state index contributed by atoms with van der Waals surface area (Å²) in [6.07, 6.45) is -1.76. The summed E-state index contributed by atoms with van der Waals surface area (Å²) in [6.45, 7) is -0.488. The lowest BCUT2D eigenvalue weighted by Crippen LogP contribution is -2.34. The fraction of sp³-hybridized carbons (Fsp3) is 0.300. The van der Waals surface area contributed by atoms with Crippen LogP contribution < -0.4 is 5.32 Å². The topological polar surface area (TPSA) is 55.4 Å². The molecule has 0 aliphatic heterocycles. The molecule has 0 saturated heterocycles. The number of amides is 1. The van der Waals surface area contributed by atoms with E-state index < -0.39 is 30.2 Å². The SMILES string of the molecule is O=C(COC(=O)c1ccc(C(F)(F)F)cc1)N[C@@H]1CCCc2ccccc21. The van der Waals surface area contributed by atoms with Crippen molar-refractivity contribution in [2.45, 2.75) is 31.5 Å². The highest BCUT2D eigenvalue weighted by Crippen LogP contribution is 2.30. The molecule has 4 nitrogen and oxygen atoms in total. The van der Waals surface area contributed by atoms with Gasteiger partial charge in [0.2, 0.25) is 0 Å². The first-order valence-corrected chi connectivity index (χ1v) is 8.56. The van der Waals surface area contributed by atoms with Gasteiger partial charge in [0.15, 0.2) is 6.61 Å². The van der Waals surface area contributed by atoms with E-state index in [4.69, 9.17) is 4.74 Å². The molecule has 1 atom stereocenters. The van der Waals surface area contributed by atoms with Crippen molar-refractivity contribution in [1.29, 1.82) is 0 Å². The smallest absolute Gasteiger partial charge is 0.416 e. The van der Waals surface area contributed by atoms with Crippen molar-refractivity contribution in [2.24, 2.45) is 0 Å². The molecule has 142 valence electrons. The number of rotatable bonds is 4. The van der Waals surface area contributed by atoms with E-state index in [2.05, 4.69) is 5.32 Å². The minimum atomic E-state index is -4.47. The zero-order valence-corrected chi connectivity index (χ0v) is 14.4. The summed E-state index contributed by atoms with van der Waals surface area (Å²) in [5.74, 6) is -1.29. The van der Waals surface area contributed by atoms with Crippen molar-refractivity contribution in [1.82, 2.24) is 5.32 Å². The fourth-order valence-electron chi connectivity index (χ4n) is 3.15. The van der Waals surface area contributed by atoms with Crippen molar-refractivity contribution in [3.05, 3.63) is 70.8 Å². The Morgan fingerprint density at radius 1 is 1.07 bits per heavy atom.